The fraction of sp³-hybridized carbons (Fsp3) is 0.154. The van der Waals surface area contributed by atoms with Gasteiger partial charge in [0.2, 0.25) is 0 Å². The third-order valence-corrected chi connectivity index (χ3v) is 7.16. The van der Waals surface area contributed by atoms with Gasteiger partial charge in [-0.25, -0.2) is 8.42 Å². The first kappa shape index (κ1) is 23.3. The van der Waals surface area contributed by atoms with Crippen LogP contribution in [0.25, 0.3) is 11.3 Å². The molecule has 4 aromatic rings. The van der Waals surface area contributed by atoms with E-state index in [2.05, 4.69) is 10.4 Å². The van der Waals surface area contributed by atoms with Gasteiger partial charge in [0.05, 0.1) is 29.9 Å². The summed E-state index contributed by atoms with van der Waals surface area (Å²) in [5, 5.41) is 7.54. The van der Waals surface area contributed by atoms with E-state index in [1.807, 2.05) is 54.6 Å². The molecule has 0 unspecified atom stereocenters. The van der Waals surface area contributed by atoms with E-state index in [1.165, 1.54) is 12.1 Å². The number of benzene rings is 3. The monoisotopic (exact) mass is 475 g/mol. The van der Waals surface area contributed by atoms with Crippen LogP contribution < -0.4 is 10.1 Å². The van der Waals surface area contributed by atoms with Crippen molar-refractivity contribution in [3.05, 3.63) is 96.2 Å². The Kier molecular flexibility index (Phi) is 6.79. The van der Waals surface area contributed by atoms with E-state index in [9.17, 15) is 13.2 Å². The molecule has 8 heteroatoms. The summed E-state index contributed by atoms with van der Waals surface area (Å²) in [4.78, 5) is 13.5. The molecular weight excluding hydrogens is 450 g/mol. The fourth-order valence-corrected chi connectivity index (χ4v) is 4.40. The summed E-state index contributed by atoms with van der Waals surface area (Å²) in [6.45, 7) is 2.11. The lowest BCUT2D eigenvalue weighted by atomic mass is 10.1. The first-order valence-corrected chi connectivity index (χ1v) is 12.4. The summed E-state index contributed by atoms with van der Waals surface area (Å²) < 4.78 is 31.1. The van der Waals surface area contributed by atoms with Gasteiger partial charge < -0.3 is 10.1 Å². The van der Waals surface area contributed by atoms with Crippen LogP contribution in [-0.4, -0.2) is 37.0 Å². The SMILES string of the molecule is CCS(=O)(=O)c1ccc(NC(=O)c2cn(Cc3ccccc3)nc2-c2ccc(OC)cc2)cc1. The van der Waals surface area contributed by atoms with E-state index in [0.717, 1.165) is 11.1 Å². The third-order valence-electron chi connectivity index (χ3n) is 5.41. The normalized spacial score (nSPS) is 11.2. The molecular formula is C26H25N3O4S. The smallest absolute Gasteiger partial charge is 0.259 e. The maximum absolute atomic E-state index is 13.2. The largest absolute Gasteiger partial charge is 0.497 e. The average molecular weight is 476 g/mol. The Morgan fingerprint density at radius 3 is 2.26 bits per heavy atom. The molecule has 0 saturated heterocycles. The van der Waals surface area contributed by atoms with Crippen molar-refractivity contribution < 1.29 is 17.9 Å². The summed E-state index contributed by atoms with van der Waals surface area (Å²) in [7, 11) is -1.71. The van der Waals surface area contributed by atoms with E-state index < -0.39 is 9.84 Å². The highest BCUT2D eigenvalue weighted by Crippen LogP contribution is 2.26. The van der Waals surface area contributed by atoms with E-state index in [0.29, 0.717) is 29.2 Å². The Hall–Kier alpha value is -3.91. The molecule has 4 rings (SSSR count). The standard InChI is InChI=1S/C26H25N3O4S/c1-3-34(31,32)23-15-11-21(12-16-23)27-26(30)24-18-29(17-19-7-5-4-6-8-19)28-25(24)20-9-13-22(33-2)14-10-20/h4-16,18H,3,17H2,1-2H3,(H,27,30). The topological polar surface area (TPSA) is 90.3 Å². The molecule has 0 aliphatic heterocycles. The van der Waals surface area contributed by atoms with Crippen LogP contribution in [0.1, 0.15) is 22.8 Å². The number of aromatic nitrogens is 2. The van der Waals surface area contributed by atoms with Crippen LogP contribution in [0.15, 0.2) is 90.0 Å². The maximum atomic E-state index is 13.2. The van der Waals surface area contributed by atoms with Crippen LogP contribution in [-0.2, 0) is 16.4 Å². The van der Waals surface area contributed by atoms with Crippen LogP contribution in [0.2, 0.25) is 0 Å². The number of nitrogens with one attached hydrogen (secondary N) is 1. The minimum absolute atomic E-state index is 0.0184. The van der Waals surface area contributed by atoms with Gasteiger partial charge in [-0.1, -0.05) is 37.3 Å². The maximum Gasteiger partial charge on any atom is 0.259 e. The quantitative estimate of drug-likeness (QED) is 0.401. The Morgan fingerprint density at radius 1 is 0.971 bits per heavy atom. The van der Waals surface area contributed by atoms with Gasteiger partial charge in [-0.15, -0.1) is 0 Å². The van der Waals surface area contributed by atoms with Crippen LogP contribution >= 0.6 is 0 Å². The number of rotatable bonds is 8. The van der Waals surface area contributed by atoms with Crippen molar-refractivity contribution in [2.75, 3.05) is 18.2 Å². The molecule has 0 atom stereocenters. The predicted molar refractivity (Wildman–Crippen MR) is 132 cm³/mol. The molecule has 1 heterocycles. The summed E-state index contributed by atoms with van der Waals surface area (Å²) in [6.07, 6.45) is 1.72. The van der Waals surface area contributed by atoms with Gasteiger partial charge in [-0.05, 0) is 54.1 Å². The zero-order valence-corrected chi connectivity index (χ0v) is 19.7. The zero-order valence-electron chi connectivity index (χ0n) is 18.9. The second kappa shape index (κ2) is 9.93. The van der Waals surface area contributed by atoms with Gasteiger partial charge in [0.1, 0.15) is 11.4 Å². The highest BCUT2D eigenvalue weighted by molar-refractivity contribution is 7.91. The molecule has 1 amide bonds. The molecule has 3 aromatic carbocycles. The van der Waals surface area contributed by atoms with Crippen LogP contribution in [0.4, 0.5) is 5.69 Å². The highest BCUT2D eigenvalue weighted by Gasteiger charge is 2.19. The molecule has 0 saturated carbocycles. The number of hydrogen-bond acceptors (Lipinski definition) is 5. The molecule has 1 aromatic heterocycles. The Labute approximate surface area is 198 Å². The third kappa shape index (κ3) is 5.18. The van der Waals surface area contributed by atoms with Gasteiger partial charge in [-0.2, -0.15) is 5.10 Å². The number of carbonyl (C=O) groups is 1. The van der Waals surface area contributed by atoms with Crippen molar-refractivity contribution in [1.82, 2.24) is 9.78 Å². The second-order valence-electron chi connectivity index (χ2n) is 7.68. The van der Waals surface area contributed by atoms with E-state index >= 15 is 0 Å². The van der Waals surface area contributed by atoms with Crippen LogP contribution in [0, 0.1) is 0 Å². The van der Waals surface area contributed by atoms with Crippen molar-refractivity contribution in [2.45, 2.75) is 18.4 Å². The average Bonchev–Trinajstić information content (AvgIpc) is 3.29. The Bertz CT molecular complexity index is 1380. The molecule has 0 bridgehead atoms. The molecule has 0 radical (unpaired) electrons. The minimum Gasteiger partial charge on any atom is -0.497 e. The number of hydrogen-bond donors (Lipinski definition) is 1. The number of carbonyl (C=O) groups excluding carboxylic acids is 1. The Morgan fingerprint density at radius 2 is 1.65 bits per heavy atom. The van der Waals surface area contributed by atoms with E-state index in [4.69, 9.17) is 4.74 Å². The van der Waals surface area contributed by atoms with Gasteiger partial charge in [0.15, 0.2) is 9.84 Å². The lowest BCUT2D eigenvalue weighted by molar-refractivity contribution is 0.102. The first-order valence-electron chi connectivity index (χ1n) is 10.8. The number of amides is 1. The van der Waals surface area contributed by atoms with E-state index in [-0.39, 0.29) is 16.6 Å². The van der Waals surface area contributed by atoms with E-state index in [1.54, 1.807) is 37.0 Å². The van der Waals surface area contributed by atoms with Crippen molar-refractivity contribution >= 4 is 21.4 Å². The number of anilines is 1. The zero-order chi connectivity index (χ0) is 24.1. The fourth-order valence-electron chi connectivity index (χ4n) is 3.51. The van der Waals surface area contributed by atoms with Crippen LogP contribution in [0.3, 0.4) is 0 Å². The summed E-state index contributed by atoms with van der Waals surface area (Å²) >= 11 is 0. The van der Waals surface area contributed by atoms with Crippen LogP contribution in [0.5, 0.6) is 5.75 Å². The number of ether oxygens (including phenoxy) is 1. The van der Waals surface area contributed by atoms with Gasteiger partial charge in [-0.3, -0.25) is 9.48 Å². The van der Waals surface area contributed by atoms with Crippen molar-refractivity contribution in [2.24, 2.45) is 0 Å². The number of sulfone groups is 1. The molecule has 174 valence electrons. The van der Waals surface area contributed by atoms with Crippen molar-refractivity contribution in [3.8, 4) is 17.0 Å². The first-order chi connectivity index (χ1) is 16.4. The summed E-state index contributed by atoms with van der Waals surface area (Å²) in [5.74, 6) is 0.390. The summed E-state index contributed by atoms with van der Waals surface area (Å²) in [5.41, 5.74) is 3.29. The number of nitrogens with zero attached hydrogens (tertiary/aromatic N) is 2. The molecule has 0 aliphatic carbocycles. The molecule has 0 spiro atoms. The second-order valence-corrected chi connectivity index (χ2v) is 9.96. The minimum atomic E-state index is -3.31. The molecule has 34 heavy (non-hydrogen) atoms. The summed E-state index contributed by atoms with van der Waals surface area (Å²) in [6, 6.07) is 23.4. The van der Waals surface area contributed by atoms with Crippen molar-refractivity contribution in [3.63, 3.8) is 0 Å². The van der Waals surface area contributed by atoms with Gasteiger partial charge >= 0.3 is 0 Å². The Balaban J connectivity index is 1.65. The lowest BCUT2D eigenvalue weighted by Crippen LogP contribution is -2.12. The molecule has 0 aliphatic rings. The predicted octanol–water partition coefficient (Wildman–Crippen LogP) is 4.65. The molecule has 1 N–H and O–H groups in total. The lowest BCUT2D eigenvalue weighted by Gasteiger charge is -2.07. The van der Waals surface area contributed by atoms with Gasteiger partial charge in [0, 0.05) is 17.4 Å². The molecule has 0 fully saturated rings. The number of methoxy groups -OCH3 is 1. The molecule has 7 nitrogen and oxygen atoms in total. The van der Waals surface area contributed by atoms with Crippen molar-refractivity contribution in [1.29, 1.82) is 0 Å². The highest BCUT2D eigenvalue weighted by atomic mass is 32.2. The van der Waals surface area contributed by atoms with Gasteiger partial charge in [0.25, 0.3) is 5.91 Å².